The number of phenols is 1. The van der Waals surface area contributed by atoms with Gasteiger partial charge >= 0.3 is 0 Å². The molecular weight excluding hydrogens is 462 g/mol. The summed E-state index contributed by atoms with van der Waals surface area (Å²) in [5.74, 6) is -1.15. The van der Waals surface area contributed by atoms with Gasteiger partial charge in [0.2, 0.25) is 0 Å². The van der Waals surface area contributed by atoms with Crippen molar-refractivity contribution < 1.29 is 23.4 Å². The van der Waals surface area contributed by atoms with Crippen molar-refractivity contribution in [2.45, 2.75) is 11.8 Å². The Morgan fingerprint density at radius 1 is 0.771 bits per heavy atom. The fraction of sp³-hybridized carbons (Fsp3) is 0.0357. The highest BCUT2D eigenvalue weighted by molar-refractivity contribution is 7.92. The third-order valence-corrected chi connectivity index (χ3v) is 6.79. The average Bonchev–Trinajstić information content (AvgIpc) is 2.87. The molecule has 0 amide bonds. The number of benzene rings is 4. The first kappa shape index (κ1) is 23.8. The number of aromatic hydroxyl groups is 1. The molecule has 4 aromatic carbocycles. The van der Waals surface area contributed by atoms with E-state index in [1.165, 1.54) is 30.3 Å². The van der Waals surface area contributed by atoms with Gasteiger partial charge in [-0.1, -0.05) is 78.4 Å². The van der Waals surface area contributed by atoms with Crippen LogP contribution in [0, 0.1) is 6.92 Å². The molecule has 4 rings (SSSR count). The van der Waals surface area contributed by atoms with Gasteiger partial charge in [-0.25, -0.2) is 8.42 Å². The molecule has 4 aromatic rings. The lowest BCUT2D eigenvalue weighted by Crippen LogP contribution is -2.13. The summed E-state index contributed by atoms with van der Waals surface area (Å²) < 4.78 is 28.3. The molecular formula is C28H23NO5S. The SMILES string of the molecule is Cc1ccc(S(=O)(=O)Nc2ccc(O)c(C(C(=O)c3ccccc3)=C(O)c3ccccc3)c2)cc1. The van der Waals surface area contributed by atoms with Crippen LogP contribution in [-0.4, -0.2) is 24.4 Å². The Balaban J connectivity index is 1.83. The Morgan fingerprint density at radius 3 is 1.94 bits per heavy atom. The van der Waals surface area contributed by atoms with E-state index in [2.05, 4.69) is 4.72 Å². The zero-order valence-electron chi connectivity index (χ0n) is 18.8. The zero-order valence-corrected chi connectivity index (χ0v) is 19.7. The van der Waals surface area contributed by atoms with Gasteiger partial charge in [0.25, 0.3) is 10.0 Å². The number of anilines is 1. The number of Topliss-reactive ketones (excluding diaryl/α,β-unsaturated/α-hetero) is 1. The summed E-state index contributed by atoms with van der Waals surface area (Å²) in [5.41, 5.74) is 1.55. The Morgan fingerprint density at radius 2 is 1.34 bits per heavy atom. The van der Waals surface area contributed by atoms with Gasteiger partial charge in [-0.3, -0.25) is 9.52 Å². The fourth-order valence-corrected chi connectivity index (χ4v) is 4.61. The number of aliphatic hydroxyl groups excluding tert-OH is 1. The predicted octanol–water partition coefficient (Wildman–Crippen LogP) is 5.81. The van der Waals surface area contributed by atoms with Gasteiger partial charge in [-0.05, 0) is 37.3 Å². The summed E-state index contributed by atoms with van der Waals surface area (Å²) >= 11 is 0. The maximum Gasteiger partial charge on any atom is 0.261 e. The van der Waals surface area contributed by atoms with E-state index in [0.717, 1.165) is 5.56 Å². The molecule has 0 atom stereocenters. The molecule has 176 valence electrons. The molecule has 0 radical (unpaired) electrons. The van der Waals surface area contributed by atoms with Gasteiger partial charge in [0.05, 0.1) is 10.5 Å². The van der Waals surface area contributed by atoms with Crippen LogP contribution in [0.2, 0.25) is 0 Å². The molecule has 6 nitrogen and oxygen atoms in total. The number of aliphatic hydroxyl groups is 1. The first-order valence-electron chi connectivity index (χ1n) is 10.8. The average molecular weight is 486 g/mol. The van der Waals surface area contributed by atoms with Crippen molar-refractivity contribution in [3.05, 3.63) is 125 Å². The molecule has 0 saturated carbocycles. The summed E-state index contributed by atoms with van der Waals surface area (Å²) in [7, 11) is -3.93. The second kappa shape index (κ2) is 9.87. The molecule has 0 saturated heterocycles. The molecule has 3 N–H and O–H groups in total. The number of carbonyl (C=O) groups excluding carboxylic acids is 1. The number of phenolic OH excluding ortho intramolecular Hbond substituents is 1. The normalized spacial score (nSPS) is 12.0. The van der Waals surface area contributed by atoms with Crippen LogP contribution >= 0.6 is 0 Å². The van der Waals surface area contributed by atoms with Crippen LogP contribution in [0.5, 0.6) is 5.75 Å². The molecule has 0 heterocycles. The summed E-state index contributed by atoms with van der Waals surface area (Å²) in [4.78, 5) is 13.6. The smallest absolute Gasteiger partial charge is 0.261 e. The highest BCUT2D eigenvalue weighted by atomic mass is 32.2. The lowest BCUT2D eigenvalue weighted by Gasteiger charge is -2.15. The highest BCUT2D eigenvalue weighted by Gasteiger charge is 2.24. The van der Waals surface area contributed by atoms with E-state index in [1.807, 2.05) is 6.92 Å². The molecule has 0 aromatic heterocycles. The second-order valence-electron chi connectivity index (χ2n) is 7.94. The number of allylic oxidation sites excluding steroid dienone is 1. The summed E-state index contributed by atoms with van der Waals surface area (Å²) in [6.45, 7) is 1.85. The molecule has 35 heavy (non-hydrogen) atoms. The van der Waals surface area contributed by atoms with Crippen LogP contribution in [-0.2, 0) is 10.0 Å². The van der Waals surface area contributed by atoms with Gasteiger partial charge < -0.3 is 10.2 Å². The third-order valence-electron chi connectivity index (χ3n) is 5.40. The van der Waals surface area contributed by atoms with E-state index in [-0.39, 0.29) is 33.2 Å². The zero-order chi connectivity index (χ0) is 25.0. The minimum atomic E-state index is -3.93. The topological polar surface area (TPSA) is 104 Å². The van der Waals surface area contributed by atoms with Crippen LogP contribution < -0.4 is 4.72 Å². The van der Waals surface area contributed by atoms with Crippen LogP contribution in [0.4, 0.5) is 5.69 Å². The fourth-order valence-electron chi connectivity index (χ4n) is 3.56. The number of aryl methyl sites for hydroxylation is 1. The summed E-state index contributed by atoms with van der Waals surface area (Å²) in [6, 6.07) is 27.1. The molecule has 7 heteroatoms. The molecule has 0 fully saturated rings. The van der Waals surface area contributed by atoms with Crippen molar-refractivity contribution in [3.63, 3.8) is 0 Å². The number of carbonyl (C=O) groups is 1. The van der Waals surface area contributed by atoms with E-state index < -0.39 is 15.8 Å². The molecule has 0 aliphatic rings. The largest absolute Gasteiger partial charge is 0.507 e. The van der Waals surface area contributed by atoms with Crippen molar-refractivity contribution in [3.8, 4) is 5.75 Å². The lowest BCUT2D eigenvalue weighted by molar-refractivity contribution is 0.105. The number of ketones is 1. The highest BCUT2D eigenvalue weighted by Crippen LogP contribution is 2.35. The van der Waals surface area contributed by atoms with Gasteiger partial charge in [-0.2, -0.15) is 0 Å². The van der Waals surface area contributed by atoms with Crippen molar-refractivity contribution >= 4 is 32.8 Å². The first-order valence-corrected chi connectivity index (χ1v) is 12.3. The Hall–Kier alpha value is -4.36. The van der Waals surface area contributed by atoms with Crippen molar-refractivity contribution in [2.24, 2.45) is 0 Å². The van der Waals surface area contributed by atoms with Gasteiger partial charge in [0.1, 0.15) is 11.5 Å². The molecule has 0 bridgehead atoms. The van der Waals surface area contributed by atoms with Crippen LogP contribution in [0.15, 0.2) is 108 Å². The molecule has 0 spiro atoms. The Kier molecular flexibility index (Phi) is 6.71. The first-order chi connectivity index (χ1) is 16.8. The Labute approximate surface area is 203 Å². The van der Waals surface area contributed by atoms with Gasteiger partial charge in [-0.15, -0.1) is 0 Å². The second-order valence-corrected chi connectivity index (χ2v) is 9.62. The lowest BCUT2D eigenvalue weighted by atomic mass is 9.92. The maximum absolute atomic E-state index is 13.5. The molecule has 0 aliphatic carbocycles. The van der Waals surface area contributed by atoms with Crippen LogP contribution in [0.3, 0.4) is 0 Å². The van der Waals surface area contributed by atoms with Crippen LogP contribution in [0.25, 0.3) is 11.3 Å². The minimum absolute atomic E-state index is 0.00990. The van der Waals surface area contributed by atoms with Crippen LogP contribution in [0.1, 0.15) is 27.0 Å². The maximum atomic E-state index is 13.5. The minimum Gasteiger partial charge on any atom is -0.507 e. The Bertz CT molecular complexity index is 1490. The number of hydrogen-bond donors (Lipinski definition) is 3. The van der Waals surface area contributed by atoms with E-state index in [1.54, 1.807) is 72.8 Å². The quantitative estimate of drug-likeness (QED) is 0.101. The number of nitrogens with one attached hydrogen (secondary N) is 1. The van der Waals surface area contributed by atoms with Crippen molar-refractivity contribution in [2.75, 3.05) is 4.72 Å². The van der Waals surface area contributed by atoms with Crippen molar-refractivity contribution in [1.82, 2.24) is 0 Å². The molecule has 0 aliphatic heterocycles. The summed E-state index contributed by atoms with van der Waals surface area (Å²) in [5, 5.41) is 21.8. The predicted molar refractivity (Wildman–Crippen MR) is 137 cm³/mol. The number of hydrogen-bond acceptors (Lipinski definition) is 5. The number of rotatable bonds is 7. The van der Waals surface area contributed by atoms with E-state index in [9.17, 15) is 23.4 Å². The number of sulfonamides is 1. The monoisotopic (exact) mass is 485 g/mol. The van der Waals surface area contributed by atoms with Gasteiger partial charge in [0, 0.05) is 22.4 Å². The van der Waals surface area contributed by atoms with E-state index >= 15 is 0 Å². The van der Waals surface area contributed by atoms with Crippen molar-refractivity contribution in [1.29, 1.82) is 0 Å². The third kappa shape index (κ3) is 5.26. The summed E-state index contributed by atoms with van der Waals surface area (Å²) in [6.07, 6.45) is 0. The molecule has 0 unspecified atom stereocenters. The standard InChI is InChI=1S/C28H23NO5S/c1-19-12-15-23(16-13-19)35(33,34)29-22-14-17-25(30)24(18-22)26(27(31)20-8-4-2-5-9-20)28(32)21-10-6-3-7-11-21/h2-18,29-31H,1H3. The van der Waals surface area contributed by atoms with E-state index in [0.29, 0.717) is 11.1 Å². The van der Waals surface area contributed by atoms with Gasteiger partial charge in [0.15, 0.2) is 5.78 Å². The van der Waals surface area contributed by atoms with E-state index in [4.69, 9.17) is 0 Å².